The summed E-state index contributed by atoms with van der Waals surface area (Å²) in [6.45, 7) is 5.20. The van der Waals surface area contributed by atoms with Crippen LogP contribution in [0.1, 0.15) is 27.9 Å². The zero-order chi connectivity index (χ0) is 22.4. The number of amides is 2. The summed E-state index contributed by atoms with van der Waals surface area (Å²) in [6, 6.07) is 11.9. The smallest absolute Gasteiger partial charge is 0.251 e. The van der Waals surface area contributed by atoms with Gasteiger partial charge in [0.05, 0.1) is 18.1 Å². The highest BCUT2D eigenvalue weighted by molar-refractivity contribution is 7.89. The maximum atomic E-state index is 12.9. The summed E-state index contributed by atoms with van der Waals surface area (Å²) < 4.78 is 32.3. The average Bonchev–Trinajstić information content (AvgIpc) is 2.75. The van der Waals surface area contributed by atoms with E-state index >= 15 is 0 Å². The van der Waals surface area contributed by atoms with Crippen LogP contribution in [-0.2, 0) is 19.6 Å². The number of ether oxygens (including phenoxy) is 1. The molecule has 31 heavy (non-hydrogen) atoms. The zero-order valence-corrected chi connectivity index (χ0v) is 18.5. The van der Waals surface area contributed by atoms with Crippen molar-refractivity contribution in [3.8, 4) is 0 Å². The molecule has 2 N–H and O–H groups in total. The van der Waals surface area contributed by atoms with Gasteiger partial charge in [0.25, 0.3) is 5.91 Å². The van der Waals surface area contributed by atoms with Gasteiger partial charge in [-0.3, -0.25) is 9.59 Å². The molecule has 2 aromatic rings. The number of carbonyl (C=O) groups excluding carboxylic acids is 2. The highest BCUT2D eigenvalue weighted by Gasteiger charge is 2.26. The summed E-state index contributed by atoms with van der Waals surface area (Å²) in [6.07, 6.45) is 0.0669. The molecule has 2 amide bonds. The minimum atomic E-state index is -3.65. The molecule has 1 aliphatic rings. The first-order chi connectivity index (χ1) is 14.8. The Morgan fingerprint density at radius 1 is 1.06 bits per heavy atom. The van der Waals surface area contributed by atoms with Gasteiger partial charge in [-0.05, 0) is 43.7 Å². The van der Waals surface area contributed by atoms with E-state index in [4.69, 9.17) is 4.74 Å². The molecule has 1 heterocycles. The first-order valence-electron chi connectivity index (χ1n) is 10.1. The number of benzene rings is 2. The third kappa shape index (κ3) is 5.90. The van der Waals surface area contributed by atoms with E-state index in [0.29, 0.717) is 37.6 Å². The molecule has 3 rings (SSSR count). The Balaban J connectivity index is 1.59. The van der Waals surface area contributed by atoms with Crippen molar-refractivity contribution in [3.63, 3.8) is 0 Å². The Morgan fingerprint density at radius 2 is 1.81 bits per heavy atom. The van der Waals surface area contributed by atoms with Gasteiger partial charge in [0.15, 0.2) is 0 Å². The summed E-state index contributed by atoms with van der Waals surface area (Å²) in [5.41, 5.74) is 2.70. The molecule has 0 bridgehead atoms. The van der Waals surface area contributed by atoms with Crippen LogP contribution in [-0.4, -0.2) is 57.4 Å². The number of sulfonamides is 1. The Bertz CT molecular complexity index is 1060. The minimum absolute atomic E-state index is 0.0669. The molecule has 2 aromatic carbocycles. The Hall–Kier alpha value is -2.75. The normalized spacial score (nSPS) is 14.8. The fourth-order valence-electron chi connectivity index (χ4n) is 3.22. The predicted molar refractivity (Wildman–Crippen MR) is 118 cm³/mol. The van der Waals surface area contributed by atoms with Crippen molar-refractivity contribution in [1.82, 2.24) is 9.62 Å². The van der Waals surface area contributed by atoms with E-state index in [1.165, 1.54) is 16.4 Å². The molecule has 0 spiro atoms. The van der Waals surface area contributed by atoms with Gasteiger partial charge in [-0.25, -0.2) is 8.42 Å². The number of morpholine rings is 1. The number of hydrogen-bond acceptors (Lipinski definition) is 5. The second-order valence-corrected chi connectivity index (χ2v) is 9.35. The van der Waals surface area contributed by atoms with E-state index in [0.717, 1.165) is 11.1 Å². The van der Waals surface area contributed by atoms with Gasteiger partial charge in [-0.2, -0.15) is 4.31 Å². The number of carbonyl (C=O) groups is 2. The lowest BCUT2D eigenvalue weighted by atomic mass is 10.1. The monoisotopic (exact) mass is 445 g/mol. The van der Waals surface area contributed by atoms with Crippen LogP contribution in [0.2, 0.25) is 0 Å². The Kier molecular flexibility index (Phi) is 7.42. The maximum Gasteiger partial charge on any atom is 0.251 e. The van der Waals surface area contributed by atoms with Crippen LogP contribution in [0.4, 0.5) is 5.69 Å². The van der Waals surface area contributed by atoms with E-state index in [-0.39, 0.29) is 29.7 Å². The predicted octanol–water partition coefficient (Wildman–Crippen LogP) is 2.08. The second kappa shape index (κ2) is 10.0. The topological polar surface area (TPSA) is 105 Å². The van der Waals surface area contributed by atoms with Crippen molar-refractivity contribution in [1.29, 1.82) is 0 Å². The number of aryl methyl sites for hydroxylation is 2. The molecule has 1 saturated heterocycles. The van der Waals surface area contributed by atoms with Crippen molar-refractivity contribution in [2.75, 3.05) is 38.2 Å². The van der Waals surface area contributed by atoms with E-state index < -0.39 is 10.0 Å². The van der Waals surface area contributed by atoms with Crippen LogP contribution < -0.4 is 10.6 Å². The van der Waals surface area contributed by atoms with Gasteiger partial charge < -0.3 is 15.4 Å². The van der Waals surface area contributed by atoms with Crippen LogP contribution in [0.5, 0.6) is 0 Å². The van der Waals surface area contributed by atoms with Crippen molar-refractivity contribution in [2.24, 2.45) is 0 Å². The summed E-state index contributed by atoms with van der Waals surface area (Å²) in [4.78, 5) is 24.7. The van der Waals surface area contributed by atoms with Gasteiger partial charge in [0, 0.05) is 37.3 Å². The molecule has 9 heteroatoms. The highest BCUT2D eigenvalue weighted by atomic mass is 32.2. The molecular weight excluding hydrogens is 418 g/mol. The number of nitrogens with one attached hydrogen (secondary N) is 2. The van der Waals surface area contributed by atoms with Crippen LogP contribution in [0.3, 0.4) is 0 Å². The molecule has 0 saturated carbocycles. The third-order valence-electron chi connectivity index (χ3n) is 5.01. The summed E-state index contributed by atoms with van der Waals surface area (Å²) in [5, 5.41) is 5.47. The molecule has 0 aromatic heterocycles. The van der Waals surface area contributed by atoms with Crippen molar-refractivity contribution >= 4 is 27.5 Å². The molecule has 1 aliphatic heterocycles. The van der Waals surface area contributed by atoms with E-state index in [1.54, 1.807) is 31.2 Å². The molecule has 166 valence electrons. The lowest BCUT2D eigenvalue weighted by Gasteiger charge is -2.26. The molecule has 0 atom stereocenters. The molecule has 1 fully saturated rings. The van der Waals surface area contributed by atoms with Gasteiger partial charge in [0.2, 0.25) is 15.9 Å². The number of anilines is 1. The van der Waals surface area contributed by atoms with Crippen molar-refractivity contribution < 1.29 is 22.7 Å². The first kappa shape index (κ1) is 22.9. The van der Waals surface area contributed by atoms with E-state index in [9.17, 15) is 18.0 Å². The van der Waals surface area contributed by atoms with E-state index in [1.807, 2.05) is 13.0 Å². The molecule has 0 aliphatic carbocycles. The summed E-state index contributed by atoms with van der Waals surface area (Å²) >= 11 is 0. The fraction of sp³-hybridized carbons (Fsp3) is 0.364. The highest BCUT2D eigenvalue weighted by Crippen LogP contribution is 2.23. The van der Waals surface area contributed by atoms with Gasteiger partial charge in [0.1, 0.15) is 0 Å². The summed E-state index contributed by atoms with van der Waals surface area (Å²) in [7, 11) is -3.65. The largest absolute Gasteiger partial charge is 0.379 e. The second-order valence-electron chi connectivity index (χ2n) is 7.42. The number of rotatable bonds is 7. The van der Waals surface area contributed by atoms with Crippen molar-refractivity contribution in [2.45, 2.75) is 25.2 Å². The maximum absolute atomic E-state index is 12.9. The fourth-order valence-corrected chi connectivity index (χ4v) is 4.66. The minimum Gasteiger partial charge on any atom is -0.379 e. The summed E-state index contributed by atoms with van der Waals surface area (Å²) in [5.74, 6) is -0.556. The number of nitrogens with zero attached hydrogens (tertiary/aromatic N) is 1. The lowest BCUT2D eigenvalue weighted by molar-refractivity contribution is -0.116. The van der Waals surface area contributed by atoms with E-state index in [2.05, 4.69) is 10.6 Å². The first-order valence-corrected chi connectivity index (χ1v) is 11.5. The van der Waals surface area contributed by atoms with Crippen molar-refractivity contribution in [3.05, 3.63) is 59.2 Å². The van der Waals surface area contributed by atoms with Crippen LogP contribution in [0.25, 0.3) is 0 Å². The van der Waals surface area contributed by atoms with Gasteiger partial charge >= 0.3 is 0 Å². The zero-order valence-electron chi connectivity index (χ0n) is 17.7. The molecule has 8 nitrogen and oxygen atoms in total. The quantitative estimate of drug-likeness (QED) is 0.679. The lowest BCUT2D eigenvalue weighted by Crippen LogP contribution is -2.40. The molecular formula is C22H27N3O5S. The van der Waals surface area contributed by atoms with Gasteiger partial charge in [-0.15, -0.1) is 0 Å². The number of hydrogen-bond donors (Lipinski definition) is 2. The molecule has 0 radical (unpaired) electrons. The standard InChI is InChI=1S/C22H27N3O5S/c1-16-4-3-5-18(14-16)22(27)23-9-8-21(26)24-20-15-19(7-6-17(20)2)31(28,29)25-10-12-30-13-11-25/h3-7,14-15H,8-13H2,1-2H3,(H,23,27)(H,24,26). The van der Waals surface area contributed by atoms with Crippen LogP contribution in [0, 0.1) is 13.8 Å². The Morgan fingerprint density at radius 3 is 2.52 bits per heavy atom. The van der Waals surface area contributed by atoms with Crippen LogP contribution in [0.15, 0.2) is 47.4 Å². The molecule has 0 unspecified atom stereocenters. The SMILES string of the molecule is Cc1cccc(C(=O)NCCC(=O)Nc2cc(S(=O)(=O)N3CCOCC3)ccc2C)c1. The average molecular weight is 446 g/mol. The third-order valence-corrected chi connectivity index (χ3v) is 6.90. The van der Waals surface area contributed by atoms with Gasteiger partial charge in [-0.1, -0.05) is 23.8 Å². The van der Waals surface area contributed by atoms with Crippen LogP contribution >= 0.6 is 0 Å². The Labute approximate surface area is 182 Å².